The molecule has 0 atom stereocenters. The molecule has 0 radical (unpaired) electrons. The number of pyridine rings is 1. The van der Waals surface area contributed by atoms with Crippen molar-refractivity contribution in [2.45, 2.75) is 16.5 Å². The standard InChI is InChI=1S/C20H15Cl2N3O2S/c1-27-16-7-2-3-8-17(16)28-18-10-9-15-14(24-18)11-23-20(26)25(15)19-12(21)5-4-6-13(19)22/h2-10H,11H2,1H3,(H,23,26). The molecule has 1 aliphatic heterocycles. The molecule has 3 aromatic rings. The predicted molar refractivity (Wildman–Crippen MR) is 112 cm³/mol. The largest absolute Gasteiger partial charge is 0.496 e. The SMILES string of the molecule is COc1ccccc1Sc1ccc2c(n1)CNC(=O)N2c1c(Cl)cccc1Cl. The van der Waals surface area contributed by atoms with E-state index >= 15 is 0 Å². The molecule has 0 unspecified atom stereocenters. The first-order valence-corrected chi connectivity index (χ1v) is 9.98. The number of benzene rings is 2. The van der Waals surface area contributed by atoms with Gasteiger partial charge in [0.1, 0.15) is 10.8 Å². The van der Waals surface area contributed by atoms with Crippen LogP contribution in [0.1, 0.15) is 5.69 Å². The highest BCUT2D eigenvalue weighted by Crippen LogP contribution is 2.41. The summed E-state index contributed by atoms with van der Waals surface area (Å²) in [5.41, 5.74) is 1.83. The van der Waals surface area contributed by atoms with Crippen LogP contribution >= 0.6 is 35.0 Å². The third-order valence-corrected chi connectivity index (χ3v) is 5.82. The van der Waals surface area contributed by atoms with E-state index < -0.39 is 0 Å². The highest BCUT2D eigenvalue weighted by atomic mass is 35.5. The highest BCUT2D eigenvalue weighted by Gasteiger charge is 2.29. The van der Waals surface area contributed by atoms with Gasteiger partial charge in [0.2, 0.25) is 0 Å². The van der Waals surface area contributed by atoms with Gasteiger partial charge in [0.25, 0.3) is 0 Å². The molecule has 1 N–H and O–H groups in total. The minimum atomic E-state index is -0.297. The van der Waals surface area contributed by atoms with Crippen molar-refractivity contribution in [1.82, 2.24) is 10.3 Å². The van der Waals surface area contributed by atoms with Crippen LogP contribution in [-0.4, -0.2) is 18.1 Å². The molecule has 2 heterocycles. The van der Waals surface area contributed by atoms with Crippen molar-refractivity contribution in [3.63, 3.8) is 0 Å². The van der Waals surface area contributed by atoms with E-state index in [0.29, 0.717) is 28.0 Å². The average Bonchev–Trinajstić information content (AvgIpc) is 2.70. The Morgan fingerprint density at radius 3 is 2.57 bits per heavy atom. The molecule has 2 aromatic carbocycles. The molecule has 0 fully saturated rings. The van der Waals surface area contributed by atoms with E-state index in [1.165, 1.54) is 16.7 Å². The summed E-state index contributed by atoms with van der Waals surface area (Å²) in [5, 5.41) is 4.41. The normalized spacial score (nSPS) is 13.1. The molecule has 1 aliphatic rings. The van der Waals surface area contributed by atoms with Crippen LogP contribution in [0.3, 0.4) is 0 Å². The molecule has 0 bridgehead atoms. The number of carbonyl (C=O) groups excluding carboxylic acids is 1. The lowest BCUT2D eigenvalue weighted by molar-refractivity contribution is 0.246. The van der Waals surface area contributed by atoms with E-state index in [1.807, 2.05) is 36.4 Å². The fourth-order valence-electron chi connectivity index (χ4n) is 2.95. The van der Waals surface area contributed by atoms with Crippen LogP contribution in [0.25, 0.3) is 0 Å². The Morgan fingerprint density at radius 1 is 1.07 bits per heavy atom. The number of carbonyl (C=O) groups is 1. The second-order valence-corrected chi connectivity index (χ2v) is 7.81. The molecule has 5 nitrogen and oxygen atoms in total. The zero-order valence-electron chi connectivity index (χ0n) is 14.8. The lowest BCUT2D eigenvalue weighted by Crippen LogP contribution is -2.41. The first kappa shape index (κ1) is 18.9. The van der Waals surface area contributed by atoms with Crippen molar-refractivity contribution in [2.24, 2.45) is 0 Å². The summed E-state index contributed by atoms with van der Waals surface area (Å²) in [4.78, 5) is 19.7. The number of fused-ring (bicyclic) bond motifs is 1. The second kappa shape index (κ2) is 7.91. The van der Waals surface area contributed by atoms with Crippen LogP contribution in [-0.2, 0) is 6.54 Å². The molecule has 142 valence electrons. The van der Waals surface area contributed by atoms with Gasteiger partial charge in [-0.3, -0.25) is 4.90 Å². The summed E-state index contributed by atoms with van der Waals surface area (Å²) < 4.78 is 5.40. The lowest BCUT2D eigenvalue weighted by Gasteiger charge is -2.30. The van der Waals surface area contributed by atoms with Gasteiger partial charge >= 0.3 is 6.03 Å². The first-order chi connectivity index (χ1) is 13.6. The van der Waals surface area contributed by atoms with Crippen molar-refractivity contribution in [3.8, 4) is 5.75 Å². The zero-order valence-corrected chi connectivity index (χ0v) is 17.1. The van der Waals surface area contributed by atoms with Crippen molar-refractivity contribution in [1.29, 1.82) is 0 Å². The smallest absolute Gasteiger partial charge is 0.326 e. The maximum atomic E-state index is 12.6. The van der Waals surface area contributed by atoms with Crippen LogP contribution < -0.4 is 15.0 Å². The molecule has 0 spiro atoms. The number of urea groups is 1. The Kier molecular flexibility index (Phi) is 5.35. The minimum Gasteiger partial charge on any atom is -0.496 e. The maximum Gasteiger partial charge on any atom is 0.326 e. The van der Waals surface area contributed by atoms with E-state index in [1.54, 1.807) is 25.3 Å². The van der Waals surface area contributed by atoms with Crippen LogP contribution in [0.15, 0.2) is 64.5 Å². The number of methoxy groups -OCH3 is 1. The number of nitrogens with one attached hydrogen (secondary N) is 1. The number of nitrogens with zero attached hydrogens (tertiary/aromatic N) is 2. The fourth-order valence-corrected chi connectivity index (χ4v) is 4.43. The summed E-state index contributed by atoms with van der Waals surface area (Å²) in [5.74, 6) is 0.782. The molecule has 8 heteroatoms. The number of hydrogen-bond donors (Lipinski definition) is 1. The Morgan fingerprint density at radius 2 is 1.82 bits per heavy atom. The third kappa shape index (κ3) is 3.51. The van der Waals surface area contributed by atoms with E-state index in [-0.39, 0.29) is 6.03 Å². The number of hydrogen-bond acceptors (Lipinski definition) is 4. The van der Waals surface area contributed by atoms with Gasteiger partial charge < -0.3 is 10.1 Å². The van der Waals surface area contributed by atoms with E-state index in [4.69, 9.17) is 32.9 Å². The van der Waals surface area contributed by atoms with Gasteiger partial charge in [-0.1, -0.05) is 53.2 Å². The van der Waals surface area contributed by atoms with Gasteiger partial charge in [-0.25, -0.2) is 9.78 Å². The summed E-state index contributed by atoms with van der Waals surface area (Å²) in [6.07, 6.45) is 0. The molecule has 28 heavy (non-hydrogen) atoms. The van der Waals surface area contributed by atoms with Crippen molar-refractivity contribution < 1.29 is 9.53 Å². The van der Waals surface area contributed by atoms with Crippen molar-refractivity contribution in [3.05, 3.63) is 70.3 Å². The van der Waals surface area contributed by atoms with Gasteiger partial charge in [-0.15, -0.1) is 0 Å². The molecule has 0 aliphatic carbocycles. The van der Waals surface area contributed by atoms with Crippen LogP contribution in [0.4, 0.5) is 16.2 Å². The van der Waals surface area contributed by atoms with Gasteiger partial charge in [0.05, 0.1) is 45.7 Å². The Hall–Kier alpha value is -2.41. The van der Waals surface area contributed by atoms with Gasteiger partial charge in [0, 0.05) is 0 Å². The van der Waals surface area contributed by atoms with Crippen molar-refractivity contribution in [2.75, 3.05) is 12.0 Å². The summed E-state index contributed by atoms with van der Waals surface area (Å²) in [6, 6.07) is 16.3. The average molecular weight is 432 g/mol. The summed E-state index contributed by atoms with van der Waals surface area (Å²) in [6.45, 7) is 0.326. The van der Waals surface area contributed by atoms with E-state index in [2.05, 4.69) is 5.32 Å². The van der Waals surface area contributed by atoms with E-state index in [0.717, 1.165) is 21.4 Å². The zero-order chi connectivity index (χ0) is 19.7. The predicted octanol–water partition coefficient (Wildman–Crippen LogP) is 5.91. The second-order valence-electron chi connectivity index (χ2n) is 5.93. The van der Waals surface area contributed by atoms with Crippen LogP contribution in [0, 0.1) is 0 Å². The maximum absolute atomic E-state index is 12.6. The minimum absolute atomic E-state index is 0.297. The highest BCUT2D eigenvalue weighted by molar-refractivity contribution is 7.99. The first-order valence-electron chi connectivity index (χ1n) is 8.41. The number of anilines is 2. The Labute approximate surface area is 176 Å². The Balaban J connectivity index is 1.73. The molecule has 0 saturated carbocycles. The van der Waals surface area contributed by atoms with Gasteiger partial charge in [-0.2, -0.15) is 0 Å². The quantitative estimate of drug-likeness (QED) is 0.557. The topological polar surface area (TPSA) is 54.5 Å². The Bertz CT molecular complexity index is 1040. The monoisotopic (exact) mass is 431 g/mol. The number of amides is 2. The fraction of sp³-hybridized carbons (Fsp3) is 0.100. The van der Waals surface area contributed by atoms with Crippen LogP contribution in [0.5, 0.6) is 5.75 Å². The molecule has 0 saturated heterocycles. The number of halogens is 2. The number of aromatic nitrogens is 1. The number of ether oxygens (including phenoxy) is 1. The molecular formula is C20H15Cl2N3O2S. The van der Waals surface area contributed by atoms with Gasteiger partial charge in [-0.05, 0) is 36.4 Å². The molecular weight excluding hydrogens is 417 g/mol. The van der Waals surface area contributed by atoms with E-state index in [9.17, 15) is 4.79 Å². The molecule has 2 amide bonds. The molecule has 1 aromatic heterocycles. The third-order valence-electron chi connectivity index (χ3n) is 4.22. The number of para-hydroxylation sites is 2. The van der Waals surface area contributed by atoms with Gasteiger partial charge in [0.15, 0.2) is 0 Å². The lowest BCUT2D eigenvalue weighted by atomic mass is 10.2. The molecule has 4 rings (SSSR count). The summed E-state index contributed by atoms with van der Waals surface area (Å²) in [7, 11) is 1.64. The summed E-state index contributed by atoms with van der Waals surface area (Å²) >= 11 is 14.1. The van der Waals surface area contributed by atoms with Crippen LogP contribution in [0.2, 0.25) is 10.0 Å². The number of rotatable bonds is 4. The van der Waals surface area contributed by atoms with Crippen molar-refractivity contribution >= 4 is 52.4 Å².